The number of methoxy groups -OCH3 is 1. The van der Waals surface area contributed by atoms with Crippen LogP contribution in [0, 0.1) is 0 Å². The van der Waals surface area contributed by atoms with Crippen LogP contribution in [0.25, 0.3) is 11.1 Å². The summed E-state index contributed by atoms with van der Waals surface area (Å²) in [5.41, 5.74) is 1.54. The molecule has 0 saturated heterocycles. The van der Waals surface area contributed by atoms with Gasteiger partial charge in [-0.2, -0.15) is 8.78 Å². The number of imidazole rings is 1. The average molecular weight is 387 g/mol. The van der Waals surface area contributed by atoms with Crippen molar-refractivity contribution in [3.63, 3.8) is 0 Å². The third-order valence-electron chi connectivity index (χ3n) is 4.22. The molecule has 6 nitrogen and oxygen atoms in total. The first-order chi connectivity index (χ1) is 13.5. The molecule has 0 spiro atoms. The van der Waals surface area contributed by atoms with E-state index in [-0.39, 0.29) is 11.7 Å². The van der Waals surface area contributed by atoms with Crippen molar-refractivity contribution >= 4 is 11.6 Å². The van der Waals surface area contributed by atoms with Crippen molar-refractivity contribution in [3.05, 3.63) is 61.2 Å². The Hall–Kier alpha value is -3.42. The van der Waals surface area contributed by atoms with Crippen LogP contribution < -0.4 is 14.8 Å². The number of nitrogens with one attached hydrogen (secondary N) is 1. The molecular formula is C20H19F2N3O3. The van der Waals surface area contributed by atoms with E-state index in [1.54, 1.807) is 60.5 Å². The van der Waals surface area contributed by atoms with E-state index in [0.717, 1.165) is 0 Å². The molecule has 0 aliphatic rings. The minimum absolute atomic E-state index is 0.0147. The van der Waals surface area contributed by atoms with Crippen LogP contribution in [0.3, 0.4) is 0 Å². The zero-order valence-electron chi connectivity index (χ0n) is 15.3. The van der Waals surface area contributed by atoms with Crippen LogP contribution in [0.4, 0.5) is 14.5 Å². The third kappa shape index (κ3) is 4.46. The van der Waals surface area contributed by atoms with E-state index >= 15 is 0 Å². The molecule has 8 heteroatoms. The fourth-order valence-corrected chi connectivity index (χ4v) is 2.68. The van der Waals surface area contributed by atoms with Gasteiger partial charge in [-0.3, -0.25) is 4.79 Å². The first-order valence-corrected chi connectivity index (χ1v) is 8.49. The maximum atomic E-state index is 12.8. The molecule has 146 valence electrons. The number of halogens is 2. The Labute approximate surface area is 160 Å². The van der Waals surface area contributed by atoms with Crippen molar-refractivity contribution in [2.24, 2.45) is 0 Å². The topological polar surface area (TPSA) is 65.4 Å². The number of benzene rings is 2. The molecule has 0 saturated carbocycles. The number of alkyl halides is 2. The lowest BCUT2D eigenvalue weighted by molar-refractivity contribution is -0.118. The fourth-order valence-electron chi connectivity index (χ4n) is 2.68. The highest BCUT2D eigenvalue weighted by atomic mass is 19.3. The number of carbonyl (C=O) groups is 1. The smallest absolute Gasteiger partial charge is 0.387 e. The van der Waals surface area contributed by atoms with Crippen molar-refractivity contribution in [1.82, 2.24) is 9.55 Å². The number of nitrogens with zero attached hydrogens (tertiary/aromatic N) is 2. The molecule has 0 aliphatic heterocycles. The third-order valence-corrected chi connectivity index (χ3v) is 4.22. The van der Waals surface area contributed by atoms with Gasteiger partial charge in [0.05, 0.1) is 13.4 Å². The highest BCUT2D eigenvalue weighted by Crippen LogP contribution is 2.34. The summed E-state index contributed by atoms with van der Waals surface area (Å²) in [4.78, 5) is 16.4. The van der Waals surface area contributed by atoms with E-state index in [9.17, 15) is 13.6 Å². The zero-order chi connectivity index (χ0) is 20.1. The Kier molecular flexibility index (Phi) is 5.88. The maximum Gasteiger partial charge on any atom is 0.387 e. The number of carbonyl (C=O) groups excluding carboxylic acids is 1. The molecule has 3 aromatic rings. The zero-order valence-corrected chi connectivity index (χ0v) is 15.3. The van der Waals surface area contributed by atoms with Crippen LogP contribution in [-0.4, -0.2) is 29.2 Å². The predicted molar refractivity (Wildman–Crippen MR) is 101 cm³/mol. The first-order valence-electron chi connectivity index (χ1n) is 8.49. The molecule has 0 aliphatic carbocycles. The Morgan fingerprint density at radius 3 is 2.54 bits per heavy atom. The molecule has 2 aromatic carbocycles. The van der Waals surface area contributed by atoms with Crippen LogP contribution in [-0.2, 0) is 4.79 Å². The van der Waals surface area contributed by atoms with E-state index in [4.69, 9.17) is 4.74 Å². The van der Waals surface area contributed by atoms with Crippen molar-refractivity contribution in [2.45, 2.75) is 19.6 Å². The van der Waals surface area contributed by atoms with Crippen molar-refractivity contribution in [2.75, 3.05) is 12.4 Å². The molecule has 0 fully saturated rings. The monoisotopic (exact) mass is 387 g/mol. The van der Waals surface area contributed by atoms with Crippen LogP contribution in [0.2, 0.25) is 0 Å². The highest BCUT2D eigenvalue weighted by molar-refractivity contribution is 5.94. The quantitative estimate of drug-likeness (QED) is 0.654. The number of aromatic nitrogens is 2. The average Bonchev–Trinajstić information content (AvgIpc) is 3.23. The van der Waals surface area contributed by atoms with Gasteiger partial charge < -0.3 is 19.4 Å². The summed E-state index contributed by atoms with van der Waals surface area (Å²) in [5, 5.41) is 2.79. The van der Waals surface area contributed by atoms with Gasteiger partial charge in [-0.1, -0.05) is 12.1 Å². The van der Waals surface area contributed by atoms with Gasteiger partial charge in [-0.15, -0.1) is 0 Å². The molecule has 1 aromatic heterocycles. The van der Waals surface area contributed by atoms with Gasteiger partial charge in [0, 0.05) is 23.6 Å². The van der Waals surface area contributed by atoms with Gasteiger partial charge >= 0.3 is 6.61 Å². The predicted octanol–water partition coefficient (Wildman–Crippen LogP) is 4.36. The van der Waals surface area contributed by atoms with Crippen LogP contribution in [0.5, 0.6) is 11.5 Å². The number of rotatable bonds is 7. The van der Waals surface area contributed by atoms with Crippen LogP contribution in [0.1, 0.15) is 13.0 Å². The molecule has 28 heavy (non-hydrogen) atoms. The van der Waals surface area contributed by atoms with Crippen molar-refractivity contribution in [1.29, 1.82) is 0 Å². The number of hydrogen-bond acceptors (Lipinski definition) is 4. The first kappa shape index (κ1) is 19.3. The number of anilines is 1. The lowest BCUT2D eigenvalue weighted by Crippen LogP contribution is -2.22. The van der Waals surface area contributed by atoms with E-state index in [2.05, 4.69) is 15.0 Å². The Balaban J connectivity index is 1.89. The van der Waals surface area contributed by atoms with Gasteiger partial charge in [-0.05, 0) is 42.8 Å². The minimum atomic E-state index is -2.96. The summed E-state index contributed by atoms with van der Waals surface area (Å²) in [7, 11) is 1.54. The molecule has 0 bridgehead atoms. The lowest BCUT2D eigenvalue weighted by atomic mass is 10.0. The molecule has 0 unspecified atom stereocenters. The normalized spacial score (nSPS) is 11.9. The Morgan fingerprint density at radius 1 is 1.18 bits per heavy atom. The molecule has 1 heterocycles. The molecule has 1 N–H and O–H groups in total. The molecular weight excluding hydrogens is 368 g/mol. The van der Waals surface area contributed by atoms with Gasteiger partial charge in [0.15, 0.2) is 0 Å². The van der Waals surface area contributed by atoms with Gasteiger partial charge in [0.1, 0.15) is 17.5 Å². The Morgan fingerprint density at radius 2 is 1.93 bits per heavy atom. The molecule has 3 rings (SSSR count). The van der Waals surface area contributed by atoms with Gasteiger partial charge in [0.25, 0.3) is 0 Å². The second kappa shape index (κ2) is 8.51. The maximum absolute atomic E-state index is 12.8. The highest BCUT2D eigenvalue weighted by Gasteiger charge is 2.17. The minimum Gasteiger partial charge on any atom is -0.497 e. The second-order valence-electron chi connectivity index (χ2n) is 5.99. The van der Waals surface area contributed by atoms with Gasteiger partial charge in [-0.25, -0.2) is 4.98 Å². The van der Waals surface area contributed by atoms with E-state index in [0.29, 0.717) is 22.6 Å². The summed E-state index contributed by atoms with van der Waals surface area (Å²) in [6, 6.07) is 10.9. The summed E-state index contributed by atoms with van der Waals surface area (Å²) < 4.78 is 37.0. The summed E-state index contributed by atoms with van der Waals surface area (Å²) in [6.07, 6.45) is 4.82. The summed E-state index contributed by atoms with van der Waals surface area (Å²) >= 11 is 0. The Bertz CT molecular complexity index is 928. The summed E-state index contributed by atoms with van der Waals surface area (Å²) in [5.74, 6) is 0.390. The summed E-state index contributed by atoms with van der Waals surface area (Å²) in [6.45, 7) is -1.23. The number of hydrogen-bond donors (Lipinski definition) is 1. The lowest BCUT2D eigenvalue weighted by Gasteiger charge is -2.16. The van der Waals surface area contributed by atoms with E-state index in [1.807, 2.05) is 0 Å². The largest absolute Gasteiger partial charge is 0.497 e. The van der Waals surface area contributed by atoms with Crippen molar-refractivity contribution in [3.8, 4) is 22.6 Å². The van der Waals surface area contributed by atoms with Crippen LogP contribution in [0.15, 0.2) is 61.2 Å². The van der Waals surface area contributed by atoms with E-state index in [1.165, 1.54) is 19.2 Å². The number of ether oxygens (including phenoxy) is 2. The fraction of sp³-hybridized carbons (Fsp3) is 0.200. The van der Waals surface area contributed by atoms with Crippen molar-refractivity contribution < 1.29 is 23.0 Å². The molecule has 1 atom stereocenters. The second-order valence-corrected chi connectivity index (χ2v) is 5.99. The number of amides is 1. The molecule has 0 radical (unpaired) electrons. The SMILES string of the molecule is COc1ccc(-c2cc(NC(=O)[C@H](C)n3ccnc3)ccc2OC(F)F)cc1. The van der Waals surface area contributed by atoms with E-state index < -0.39 is 12.7 Å². The van der Waals surface area contributed by atoms with Gasteiger partial charge in [0.2, 0.25) is 5.91 Å². The standard InChI is InChI=1S/C20H19F2N3O3/c1-13(25-10-9-23-12-25)19(26)24-15-5-8-18(28-20(21)22)17(11-15)14-3-6-16(27-2)7-4-14/h3-13,20H,1-2H3,(H,24,26)/t13-/m0/s1. The van der Waals surface area contributed by atoms with Crippen LogP contribution >= 0.6 is 0 Å². The molecule has 1 amide bonds.